The Hall–Kier alpha value is -3.15. The Labute approximate surface area is 158 Å². The molecular weight excluding hydrogens is 378 g/mol. The number of alkyl halides is 2. The summed E-state index contributed by atoms with van der Waals surface area (Å²) in [4.78, 5) is 12.3. The number of anilines is 1. The number of hydrogen-bond donors (Lipinski definition) is 0. The van der Waals surface area contributed by atoms with Crippen molar-refractivity contribution < 1.29 is 22.5 Å². The molecule has 2 aromatic rings. The molecule has 1 heterocycles. The zero-order chi connectivity index (χ0) is 20.5. The second-order valence-electron chi connectivity index (χ2n) is 6.58. The van der Waals surface area contributed by atoms with Crippen LogP contribution in [0.2, 0.25) is 0 Å². The molecule has 1 saturated heterocycles. The van der Waals surface area contributed by atoms with Gasteiger partial charge in [-0.3, -0.25) is 10.1 Å². The lowest BCUT2D eigenvalue weighted by Gasteiger charge is -2.37. The van der Waals surface area contributed by atoms with Crippen LogP contribution in [-0.4, -0.2) is 18.0 Å². The Balaban J connectivity index is 1.79. The number of halogens is 4. The number of nitrogens with zero attached hydrogens (tertiary/aromatic N) is 3. The summed E-state index contributed by atoms with van der Waals surface area (Å²) in [7, 11) is 0. The van der Waals surface area contributed by atoms with Crippen LogP contribution in [0.3, 0.4) is 0 Å². The van der Waals surface area contributed by atoms with Gasteiger partial charge in [-0.1, -0.05) is 0 Å². The molecule has 0 N–H and O–H groups in total. The van der Waals surface area contributed by atoms with E-state index in [0.29, 0.717) is 6.07 Å². The first kappa shape index (κ1) is 19.6. The van der Waals surface area contributed by atoms with Crippen LogP contribution >= 0.6 is 0 Å². The molecule has 28 heavy (non-hydrogen) atoms. The summed E-state index contributed by atoms with van der Waals surface area (Å²) in [5.74, 6) is -6.89. The molecule has 0 bridgehead atoms. The summed E-state index contributed by atoms with van der Waals surface area (Å²) < 4.78 is 56.3. The zero-order valence-electron chi connectivity index (χ0n) is 14.5. The van der Waals surface area contributed by atoms with Gasteiger partial charge in [0.25, 0.3) is 11.6 Å². The molecule has 0 amide bonds. The van der Waals surface area contributed by atoms with E-state index in [2.05, 4.69) is 0 Å². The van der Waals surface area contributed by atoms with E-state index in [-0.39, 0.29) is 42.9 Å². The molecule has 0 saturated carbocycles. The Morgan fingerprint density at radius 1 is 1.14 bits per heavy atom. The van der Waals surface area contributed by atoms with E-state index in [1.54, 1.807) is 4.90 Å². The van der Waals surface area contributed by atoms with E-state index < -0.39 is 34.0 Å². The normalized spacial score (nSPS) is 15.3. The molecule has 0 radical (unpaired) electrons. The van der Waals surface area contributed by atoms with Crippen LogP contribution in [0.1, 0.15) is 24.0 Å². The number of rotatable bonds is 4. The van der Waals surface area contributed by atoms with Gasteiger partial charge in [-0.15, -0.1) is 0 Å². The molecule has 1 aliphatic heterocycles. The second kappa shape index (κ2) is 7.46. The first-order valence-corrected chi connectivity index (χ1v) is 8.51. The van der Waals surface area contributed by atoms with Crippen molar-refractivity contribution >= 4 is 11.4 Å². The fourth-order valence-electron chi connectivity index (χ4n) is 3.47. The van der Waals surface area contributed by atoms with E-state index in [1.165, 1.54) is 12.1 Å². The van der Waals surface area contributed by atoms with E-state index in [9.17, 15) is 27.7 Å². The lowest BCUT2D eigenvalue weighted by atomic mass is 9.86. The maximum absolute atomic E-state index is 14.7. The maximum atomic E-state index is 14.7. The first-order valence-electron chi connectivity index (χ1n) is 8.51. The molecule has 1 fully saturated rings. The van der Waals surface area contributed by atoms with Crippen LogP contribution in [0.5, 0.6) is 0 Å². The van der Waals surface area contributed by atoms with Crippen LogP contribution < -0.4 is 4.90 Å². The average Bonchev–Trinajstić information content (AvgIpc) is 2.67. The smallest absolute Gasteiger partial charge is 0.293 e. The standard InChI is InChI=1S/C19H15F4N3O2/c20-14-2-3-15(16(21)10-14)19(22,23)13-5-7-25(8-6-13)17-4-1-12(11-24)9-18(17)26(27)28/h1-4,9-10,13H,5-8H2. The maximum Gasteiger partial charge on any atom is 0.293 e. The molecule has 0 unspecified atom stereocenters. The first-order chi connectivity index (χ1) is 13.2. The van der Waals surface area contributed by atoms with Crippen molar-refractivity contribution in [3.05, 3.63) is 69.3 Å². The fourth-order valence-corrected chi connectivity index (χ4v) is 3.47. The summed E-state index contributed by atoms with van der Waals surface area (Å²) in [6.45, 7) is 0.214. The van der Waals surface area contributed by atoms with Crippen molar-refractivity contribution in [3.63, 3.8) is 0 Å². The molecule has 0 spiro atoms. The van der Waals surface area contributed by atoms with Crippen molar-refractivity contribution in [2.75, 3.05) is 18.0 Å². The third-order valence-electron chi connectivity index (χ3n) is 4.94. The summed E-state index contributed by atoms with van der Waals surface area (Å²) in [6, 6.07) is 7.79. The SMILES string of the molecule is N#Cc1ccc(N2CCC(C(F)(F)c3ccc(F)cc3F)CC2)c([N+](=O)[O-])c1. The Bertz CT molecular complexity index is 951. The molecule has 5 nitrogen and oxygen atoms in total. The quantitative estimate of drug-likeness (QED) is 0.427. The van der Waals surface area contributed by atoms with Crippen LogP contribution in [0, 0.1) is 39.0 Å². The molecule has 146 valence electrons. The highest BCUT2D eigenvalue weighted by molar-refractivity contribution is 5.65. The van der Waals surface area contributed by atoms with Gasteiger partial charge in [0.1, 0.15) is 17.3 Å². The van der Waals surface area contributed by atoms with Crippen molar-refractivity contribution in [1.29, 1.82) is 5.26 Å². The molecule has 1 aliphatic rings. The highest BCUT2D eigenvalue weighted by Gasteiger charge is 2.44. The number of nitriles is 1. The second-order valence-corrected chi connectivity index (χ2v) is 6.58. The molecule has 3 rings (SSSR count). The molecule has 0 atom stereocenters. The van der Waals surface area contributed by atoms with Gasteiger partial charge in [0.05, 0.1) is 22.1 Å². The Morgan fingerprint density at radius 2 is 1.82 bits per heavy atom. The lowest BCUT2D eigenvalue weighted by molar-refractivity contribution is -0.384. The highest BCUT2D eigenvalue weighted by Crippen LogP contribution is 2.43. The van der Waals surface area contributed by atoms with Crippen molar-refractivity contribution in [1.82, 2.24) is 0 Å². The van der Waals surface area contributed by atoms with Crippen molar-refractivity contribution in [2.45, 2.75) is 18.8 Å². The zero-order valence-corrected chi connectivity index (χ0v) is 14.5. The fraction of sp³-hybridized carbons (Fsp3) is 0.316. The summed E-state index contributed by atoms with van der Waals surface area (Å²) in [5.41, 5.74) is -0.743. The van der Waals surface area contributed by atoms with Gasteiger partial charge in [-0.05, 0) is 37.1 Å². The number of hydrogen-bond acceptors (Lipinski definition) is 4. The van der Waals surface area contributed by atoms with Gasteiger partial charge in [-0.2, -0.15) is 5.26 Å². The number of nitro benzene ring substituents is 1. The molecule has 0 aliphatic carbocycles. The van der Waals surface area contributed by atoms with Crippen LogP contribution in [0.25, 0.3) is 0 Å². The number of piperidine rings is 1. The summed E-state index contributed by atoms with van der Waals surface area (Å²) in [6.07, 6.45) is -0.0536. The predicted octanol–water partition coefficient (Wildman–Crippen LogP) is 4.75. The van der Waals surface area contributed by atoms with Gasteiger partial charge in [0.15, 0.2) is 0 Å². The molecular formula is C19H15F4N3O2. The summed E-state index contributed by atoms with van der Waals surface area (Å²) in [5, 5.41) is 20.2. The Morgan fingerprint density at radius 3 is 2.39 bits per heavy atom. The average molecular weight is 393 g/mol. The van der Waals surface area contributed by atoms with Gasteiger partial charge in [0.2, 0.25) is 0 Å². The van der Waals surface area contributed by atoms with Gasteiger partial charge in [-0.25, -0.2) is 17.6 Å². The number of nitro groups is 1. The predicted molar refractivity (Wildman–Crippen MR) is 93.0 cm³/mol. The summed E-state index contributed by atoms with van der Waals surface area (Å²) >= 11 is 0. The number of benzene rings is 2. The van der Waals surface area contributed by atoms with E-state index >= 15 is 0 Å². The van der Waals surface area contributed by atoms with Gasteiger partial charge >= 0.3 is 0 Å². The molecule has 2 aromatic carbocycles. The largest absolute Gasteiger partial charge is 0.366 e. The highest BCUT2D eigenvalue weighted by atomic mass is 19.3. The molecule has 9 heteroatoms. The third kappa shape index (κ3) is 3.63. The lowest BCUT2D eigenvalue weighted by Crippen LogP contribution is -2.40. The minimum Gasteiger partial charge on any atom is -0.366 e. The van der Waals surface area contributed by atoms with Gasteiger partial charge in [0, 0.05) is 31.1 Å². The van der Waals surface area contributed by atoms with E-state index in [4.69, 9.17) is 5.26 Å². The molecule has 0 aromatic heterocycles. The third-order valence-corrected chi connectivity index (χ3v) is 4.94. The van der Waals surface area contributed by atoms with E-state index in [0.717, 1.165) is 18.2 Å². The van der Waals surface area contributed by atoms with Crippen molar-refractivity contribution in [2.24, 2.45) is 5.92 Å². The van der Waals surface area contributed by atoms with Gasteiger partial charge < -0.3 is 4.90 Å². The van der Waals surface area contributed by atoms with Crippen LogP contribution in [0.15, 0.2) is 36.4 Å². The van der Waals surface area contributed by atoms with Crippen LogP contribution in [-0.2, 0) is 5.92 Å². The Kier molecular flexibility index (Phi) is 5.23. The van der Waals surface area contributed by atoms with Crippen molar-refractivity contribution in [3.8, 4) is 6.07 Å². The topological polar surface area (TPSA) is 70.2 Å². The minimum absolute atomic E-state index is 0.0268. The monoisotopic (exact) mass is 393 g/mol. The van der Waals surface area contributed by atoms with Crippen LogP contribution in [0.4, 0.5) is 28.9 Å². The van der Waals surface area contributed by atoms with E-state index in [1.807, 2.05) is 6.07 Å². The minimum atomic E-state index is -3.49.